The fourth-order valence-corrected chi connectivity index (χ4v) is 2.39. The molecule has 1 rings (SSSR count). The minimum absolute atomic E-state index is 0.234. The summed E-state index contributed by atoms with van der Waals surface area (Å²) in [6, 6.07) is 5.46. The van der Waals surface area contributed by atoms with E-state index in [4.69, 9.17) is 4.74 Å². The van der Waals surface area contributed by atoms with Crippen LogP contribution in [0.2, 0.25) is 0 Å². The molecule has 0 radical (unpaired) electrons. The topological polar surface area (TPSA) is 45.7 Å². The molecule has 1 aromatic carbocycles. The Morgan fingerprint density at radius 3 is 2.78 bits per heavy atom. The van der Waals surface area contributed by atoms with Gasteiger partial charge in [-0.3, -0.25) is 4.99 Å². The molecule has 4 nitrogen and oxygen atoms in total. The zero-order valence-electron chi connectivity index (χ0n) is 14.8. The molecule has 0 aliphatic heterocycles. The average molecular weight is 323 g/mol. The second-order valence-corrected chi connectivity index (χ2v) is 5.83. The molecule has 0 bridgehead atoms. The van der Waals surface area contributed by atoms with Gasteiger partial charge in [0.25, 0.3) is 0 Å². The van der Waals surface area contributed by atoms with E-state index in [9.17, 15) is 4.39 Å². The van der Waals surface area contributed by atoms with Gasteiger partial charge in [-0.2, -0.15) is 0 Å². The number of benzene rings is 1. The molecular weight excluding hydrogens is 293 g/mol. The summed E-state index contributed by atoms with van der Waals surface area (Å²) in [6.07, 6.45) is 4.84. The Bertz CT molecular complexity index is 491. The molecule has 1 atom stereocenters. The maximum Gasteiger partial charge on any atom is 0.191 e. The first-order chi connectivity index (χ1) is 11.1. The monoisotopic (exact) mass is 323 g/mol. The van der Waals surface area contributed by atoms with E-state index in [1.54, 1.807) is 20.2 Å². The van der Waals surface area contributed by atoms with Crippen molar-refractivity contribution in [1.82, 2.24) is 10.6 Å². The van der Waals surface area contributed by atoms with E-state index in [0.717, 1.165) is 17.9 Å². The quantitative estimate of drug-likeness (QED) is 0.414. The summed E-state index contributed by atoms with van der Waals surface area (Å²) in [7, 11) is 3.32. The van der Waals surface area contributed by atoms with Crippen molar-refractivity contribution in [1.29, 1.82) is 0 Å². The van der Waals surface area contributed by atoms with Crippen LogP contribution in [0.1, 0.15) is 50.7 Å². The third kappa shape index (κ3) is 7.46. The summed E-state index contributed by atoms with van der Waals surface area (Å²) in [5, 5.41) is 6.66. The Kier molecular flexibility index (Phi) is 9.29. The molecule has 0 amide bonds. The molecule has 0 aliphatic carbocycles. The molecule has 0 heterocycles. The van der Waals surface area contributed by atoms with E-state index in [2.05, 4.69) is 29.5 Å². The molecule has 1 aromatic rings. The number of halogens is 1. The third-order valence-electron chi connectivity index (χ3n) is 3.72. The Morgan fingerprint density at radius 2 is 2.13 bits per heavy atom. The van der Waals surface area contributed by atoms with E-state index in [1.807, 2.05) is 6.07 Å². The van der Waals surface area contributed by atoms with Gasteiger partial charge >= 0.3 is 0 Å². The third-order valence-corrected chi connectivity index (χ3v) is 3.72. The maximum absolute atomic E-state index is 13.6. The van der Waals surface area contributed by atoms with E-state index in [1.165, 1.54) is 25.3 Å². The highest BCUT2D eigenvalue weighted by molar-refractivity contribution is 5.79. The molecule has 5 heteroatoms. The Balaban J connectivity index is 2.49. The van der Waals surface area contributed by atoms with Crippen molar-refractivity contribution >= 4 is 5.96 Å². The molecule has 0 saturated carbocycles. The number of hydrogen-bond acceptors (Lipinski definition) is 2. The lowest BCUT2D eigenvalue weighted by Gasteiger charge is -2.18. The van der Waals surface area contributed by atoms with Crippen molar-refractivity contribution in [3.63, 3.8) is 0 Å². The molecule has 0 aliphatic rings. The van der Waals surface area contributed by atoms with Crippen molar-refractivity contribution in [3.05, 3.63) is 35.1 Å². The first kappa shape index (κ1) is 19.4. The van der Waals surface area contributed by atoms with Gasteiger partial charge in [0.15, 0.2) is 5.96 Å². The summed E-state index contributed by atoms with van der Waals surface area (Å²) in [4.78, 5) is 4.24. The van der Waals surface area contributed by atoms with Gasteiger partial charge in [-0.15, -0.1) is 0 Å². The number of unbranched alkanes of at least 4 members (excludes halogenated alkanes) is 2. The highest BCUT2D eigenvalue weighted by Gasteiger charge is 2.07. The molecule has 0 saturated heterocycles. The van der Waals surface area contributed by atoms with Crippen LogP contribution in [0.5, 0.6) is 0 Å². The fourth-order valence-electron chi connectivity index (χ4n) is 2.39. The zero-order valence-corrected chi connectivity index (χ0v) is 14.8. The van der Waals surface area contributed by atoms with Crippen LogP contribution < -0.4 is 10.6 Å². The van der Waals surface area contributed by atoms with Crippen LogP contribution in [-0.2, 0) is 17.9 Å². The number of guanidine groups is 1. The van der Waals surface area contributed by atoms with Crippen molar-refractivity contribution in [2.24, 2.45) is 4.99 Å². The number of hydrogen-bond donors (Lipinski definition) is 2. The average Bonchev–Trinajstić information content (AvgIpc) is 2.54. The van der Waals surface area contributed by atoms with Gasteiger partial charge in [-0.25, -0.2) is 4.39 Å². The Labute approximate surface area is 139 Å². The van der Waals surface area contributed by atoms with Crippen LogP contribution >= 0.6 is 0 Å². The van der Waals surface area contributed by atoms with Crippen molar-refractivity contribution in [2.75, 3.05) is 14.2 Å². The molecule has 130 valence electrons. The lowest BCUT2D eigenvalue weighted by Crippen LogP contribution is -2.41. The van der Waals surface area contributed by atoms with E-state index >= 15 is 0 Å². The van der Waals surface area contributed by atoms with Crippen LogP contribution in [0.25, 0.3) is 0 Å². The van der Waals surface area contributed by atoms with Gasteiger partial charge in [0, 0.05) is 32.3 Å². The summed E-state index contributed by atoms with van der Waals surface area (Å²) < 4.78 is 18.6. The molecule has 0 aromatic heterocycles. The fraction of sp³-hybridized carbons (Fsp3) is 0.611. The number of nitrogens with zero attached hydrogens (tertiary/aromatic N) is 1. The van der Waals surface area contributed by atoms with Gasteiger partial charge in [-0.1, -0.05) is 32.3 Å². The Morgan fingerprint density at radius 1 is 1.35 bits per heavy atom. The van der Waals surface area contributed by atoms with E-state index < -0.39 is 0 Å². The molecule has 0 spiro atoms. The Hall–Kier alpha value is -1.62. The van der Waals surface area contributed by atoms with Crippen molar-refractivity contribution in [2.45, 2.75) is 58.7 Å². The summed E-state index contributed by atoms with van der Waals surface area (Å²) >= 11 is 0. The second-order valence-electron chi connectivity index (χ2n) is 5.83. The molecule has 1 unspecified atom stereocenters. The number of nitrogens with one attached hydrogen (secondary N) is 2. The molecule has 2 N–H and O–H groups in total. The molecule has 0 fully saturated rings. The smallest absolute Gasteiger partial charge is 0.191 e. The van der Waals surface area contributed by atoms with Crippen LogP contribution in [0, 0.1) is 5.82 Å². The maximum atomic E-state index is 13.6. The first-order valence-electron chi connectivity index (χ1n) is 8.34. The molecular formula is C18H30FN3O. The predicted molar refractivity (Wildman–Crippen MR) is 94.1 cm³/mol. The minimum atomic E-state index is -0.234. The summed E-state index contributed by atoms with van der Waals surface area (Å²) in [6.45, 7) is 5.25. The van der Waals surface area contributed by atoms with E-state index in [-0.39, 0.29) is 12.4 Å². The highest BCUT2D eigenvalue weighted by atomic mass is 19.1. The van der Waals surface area contributed by atoms with Crippen molar-refractivity contribution in [3.8, 4) is 0 Å². The lowest BCUT2D eigenvalue weighted by atomic mass is 10.1. The van der Waals surface area contributed by atoms with Crippen LogP contribution in [-0.4, -0.2) is 26.2 Å². The van der Waals surface area contributed by atoms with E-state index in [0.29, 0.717) is 18.2 Å². The normalized spacial score (nSPS) is 13.0. The highest BCUT2D eigenvalue weighted by Crippen LogP contribution is 2.11. The predicted octanol–water partition coefficient (Wildman–Crippen LogP) is 3.61. The van der Waals surface area contributed by atoms with Gasteiger partial charge < -0.3 is 15.4 Å². The van der Waals surface area contributed by atoms with Crippen LogP contribution in [0.15, 0.2) is 23.2 Å². The number of ether oxygens (including phenoxy) is 1. The van der Waals surface area contributed by atoms with Gasteiger partial charge in [0.1, 0.15) is 5.82 Å². The first-order valence-corrected chi connectivity index (χ1v) is 8.34. The standard InChI is InChI=1S/C18H30FN3O/c1-5-6-7-8-14(2)22-18(20-3)21-12-15-9-10-17(19)16(11-15)13-23-4/h9-11,14H,5-8,12-13H2,1-4H3,(H2,20,21,22). The van der Waals surface area contributed by atoms with Crippen LogP contribution in [0.4, 0.5) is 4.39 Å². The van der Waals surface area contributed by atoms with Crippen LogP contribution in [0.3, 0.4) is 0 Å². The summed E-state index contributed by atoms with van der Waals surface area (Å²) in [5.41, 5.74) is 1.57. The second kappa shape index (κ2) is 11.0. The minimum Gasteiger partial charge on any atom is -0.380 e. The van der Waals surface area contributed by atoms with Crippen molar-refractivity contribution < 1.29 is 9.13 Å². The lowest BCUT2D eigenvalue weighted by molar-refractivity contribution is 0.181. The number of rotatable bonds is 9. The largest absolute Gasteiger partial charge is 0.380 e. The zero-order chi connectivity index (χ0) is 17.1. The number of aliphatic imine (C=N–C) groups is 1. The van der Waals surface area contributed by atoms with Gasteiger partial charge in [0.2, 0.25) is 0 Å². The molecule has 23 heavy (non-hydrogen) atoms. The van der Waals surface area contributed by atoms with Gasteiger partial charge in [-0.05, 0) is 31.0 Å². The SMILES string of the molecule is CCCCCC(C)NC(=NC)NCc1ccc(F)c(COC)c1. The number of methoxy groups -OCH3 is 1. The van der Waals surface area contributed by atoms with Gasteiger partial charge in [0.05, 0.1) is 6.61 Å². The summed E-state index contributed by atoms with van der Waals surface area (Å²) in [5.74, 6) is 0.536.